The van der Waals surface area contributed by atoms with E-state index in [1.54, 1.807) is 31.0 Å². The fourth-order valence-corrected chi connectivity index (χ4v) is 4.52. The van der Waals surface area contributed by atoms with Crippen LogP contribution in [0.2, 0.25) is 0 Å². The van der Waals surface area contributed by atoms with Crippen LogP contribution in [0.4, 0.5) is 0 Å². The molecule has 2 aromatic rings. The summed E-state index contributed by atoms with van der Waals surface area (Å²) in [5, 5.41) is 5.29. The molecule has 0 unspecified atom stereocenters. The van der Waals surface area contributed by atoms with Crippen molar-refractivity contribution in [3.8, 4) is 5.69 Å². The molecule has 0 aliphatic carbocycles. The summed E-state index contributed by atoms with van der Waals surface area (Å²) < 4.78 is 16.8. The van der Waals surface area contributed by atoms with E-state index in [2.05, 4.69) is 15.5 Å². The molecule has 0 fully saturated rings. The van der Waals surface area contributed by atoms with E-state index in [0.29, 0.717) is 18.0 Å². The van der Waals surface area contributed by atoms with Gasteiger partial charge in [0, 0.05) is 35.5 Å². The van der Waals surface area contributed by atoms with Gasteiger partial charge in [-0.05, 0) is 45.0 Å². The van der Waals surface area contributed by atoms with Crippen molar-refractivity contribution in [2.24, 2.45) is 10.1 Å². The Bertz CT molecular complexity index is 1090. The van der Waals surface area contributed by atoms with Gasteiger partial charge in [0.2, 0.25) is 0 Å². The number of ether oxygens (including phenoxy) is 3. The van der Waals surface area contributed by atoms with Gasteiger partial charge in [-0.3, -0.25) is 10.4 Å². The van der Waals surface area contributed by atoms with Gasteiger partial charge in [-0.25, -0.2) is 9.59 Å². The van der Waals surface area contributed by atoms with E-state index in [9.17, 15) is 9.59 Å². The molecule has 0 spiro atoms. The first kappa shape index (κ1) is 24.5. The van der Waals surface area contributed by atoms with Crippen molar-refractivity contribution in [3.05, 3.63) is 52.3 Å². The van der Waals surface area contributed by atoms with E-state index < -0.39 is 11.9 Å². The number of benzene rings is 1. The van der Waals surface area contributed by atoms with Crippen LogP contribution < -0.4 is 5.43 Å². The van der Waals surface area contributed by atoms with Crippen LogP contribution >= 0.6 is 11.8 Å². The van der Waals surface area contributed by atoms with E-state index in [1.165, 1.54) is 20.3 Å². The monoisotopic (exact) mass is 472 g/mol. The fraction of sp³-hybridized carbons (Fsp3) is 0.391. The molecule has 176 valence electrons. The zero-order valence-corrected chi connectivity index (χ0v) is 20.4. The molecular formula is C23H28N4O5S. The summed E-state index contributed by atoms with van der Waals surface area (Å²) in [6, 6.07) is 6.93. The van der Waals surface area contributed by atoms with Crippen LogP contribution in [0.15, 0.2) is 34.4 Å². The molecule has 10 heteroatoms. The number of amidine groups is 1. The Morgan fingerprint density at radius 2 is 1.76 bits per heavy atom. The number of nitrogens with zero attached hydrogens (tertiary/aromatic N) is 3. The highest BCUT2D eigenvalue weighted by atomic mass is 32.2. The van der Waals surface area contributed by atoms with Crippen LogP contribution in [-0.2, 0) is 14.2 Å². The first-order valence-electron chi connectivity index (χ1n) is 10.3. The van der Waals surface area contributed by atoms with Crippen molar-refractivity contribution in [3.63, 3.8) is 0 Å². The van der Waals surface area contributed by atoms with Gasteiger partial charge >= 0.3 is 11.9 Å². The summed E-state index contributed by atoms with van der Waals surface area (Å²) in [6.07, 6.45) is 0. The number of hydrazone groups is 1. The number of carbonyl (C=O) groups excluding carboxylic acids is 2. The predicted octanol–water partition coefficient (Wildman–Crippen LogP) is 3.10. The lowest BCUT2D eigenvalue weighted by molar-refractivity contribution is 0.0599. The highest BCUT2D eigenvalue weighted by Crippen LogP contribution is 2.26. The Balaban J connectivity index is 1.98. The number of hydrogen-bond acceptors (Lipinski definition) is 8. The maximum absolute atomic E-state index is 12.2. The molecule has 0 bridgehead atoms. The number of thioether (sulfide) groups is 1. The average molecular weight is 473 g/mol. The van der Waals surface area contributed by atoms with Gasteiger partial charge in [0.15, 0.2) is 5.17 Å². The molecule has 0 radical (unpaired) electrons. The summed E-state index contributed by atoms with van der Waals surface area (Å²) >= 11 is 1.58. The number of aliphatic imine (C=N–C) groups is 1. The molecule has 9 nitrogen and oxygen atoms in total. The first-order chi connectivity index (χ1) is 15.8. The van der Waals surface area contributed by atoms with E-state index in [4.69, 9.17) is 14.2 Å². The second kappa shape index (κ2) is 10.7. The maximum Gasteiger partial charge on any atom is 0.337 e. The molecular weight excluding hydrogens is 444 g/mol. The Morgan fingerprint density at radius 3 is 2.27 bits per heavy atom. The van der Waals surface area contributed by atoms with E-state index in [-0.39, 0.29) is 17.2 Å². The van der Waals surface area contributed by atoms with Gasteiger partial charge in [0.1, 0.15) is 0 Å². The highest BCUT2D eigenvalue weighted by Gasteiger charge is 2.21. The number of nitrogens with one attached hydrogen (secondary N) is 1. The van der Waals surface area contributed by atoms with Crippen molar-refractivity contribution in [2.45, 2.75) is 26.8 Å². The fourth-order valence-electron chi connectivity index (χ4n) is 3.66. The van der Waals surface area contributed by atoms with E-state index in [0.717, 1.165) is 27.8 Å². The zero-order chi connectivity index (χ0) is 24.1. The molecule has 1 aliphatic rings. The molecule has 0 saturated heterocycles. The molecule has 0 saturated carbocycles. The molecule has 1 N–H and O–H groups in total. The van der Waals surface area contributed by atoms with Crippen LogP contribution in [0.1, 0.15) is 44.6 Å². The van der Waals surface area contributed by atoms with Gasteiger partial charge in [0.25, 0.3) is 0 Å². The zero-order valence-electron chi connectivity index (χ0n) is 19.6. The van der Waals surface area contributed by atoms with Gasteiger partial charge in [-0.1, -0.05) is 11.8 Å². The summed E-state index contributed by atoms with van der Waals surface area (Å²) in [6.45, 7) is 6.46. The number of aryl methyl sites for hydroxylation is 1. The minimum atomic E-state index is -0.531. The first-order valence-corrected chi connectivity index (χ1v) is 11.3. The topological polar surface area (TPSA) is 104 Å². The smallest absolute Gasteiger partial charge is 0.337 e. The third kappa shape index (κ3) is 5.45. The molecule has 1 atom stereocenters. The summed E-state index contributed by atoms with van der Waals surface area (Å²) in [4.78, 5) is 29.0. The summed E-state index contributed by atoms with van der Waals surface area (Å²) in [5.74, 6) is -0.404. The largest absolute Gasteiger partial charge is 0.465 e. The van der Waals surface area contributed by atoms with Gasteiger partial charge in [0.05, 0.1) is 43.7 Å². The SMILES string of the molecule is COC[C@@H](C)N=C1NN=C(c2cc(C)n(-c3cc(C(=O)OC)cc(C(=O)OC)c3)c2C)CS1. The van der Waals surface area contributed by atoms with Crippen LogP contribution in [0.25, 0.3) is 5.69 Å². The molecule has 1 aromatic heterocycles. The average Bonchev–Trinajstić information content (AvgIpc) is 3.11. The lowest BCUT2D eigenvalue weighted by Crippen LogP contribution is -2.27. The van der Waals surface area contributed by atoms with Crippen molar-refractivity contribution in [1.29, 1.82) is 0 Å². The minimum absolute atomic E-state index is 0.0397. The molecule has 1 aliphatic heterocycles. The Hall–Kier alpha value is -3.11. The molecule has 0 amide bonds. The Kier molecular flexibility index (Phi) is 7.93. The summed E-state index contributed by atoms with van der Waals surface area (Å²) in [5.41, 5.74) is 7.94. The molecule has 3 rings (SSSR count). The third-order valence-corrected chi connectivity index (χ3v) is 6.03. The molecule has 1 aromatic carbocycles. The lowest BCUT2D eigenvalue weighted by atomic mass is 10.1. The van der Waals surface area contributed by atoms with Crippen molar-refractivity contribution in [1.82, 2.24) is 9.99 Å². The number of carbonyl (C=O) groups is 2. The third-order valence-electron chi connectivity index (χ3n) is 5.14. The number of aromatic nitrogens is 1. The highest BCUT2D eigenvalue weighted by molar-refractivity contribution is 8.14. The van der Waals surface area contributed by atoms with Gasteiger partial charge in [-0.15, -0.1) is 0 Å². The van der Waals surface area contributed by atoms with Crippen molar-refractivity contribution in [2.75, 3.05) is 33.7 Å². The van der Waals surface area contributed by atoms with Crippen LogP contribution in [0.5, 0.6) is 0 Å². The van der Waals surface area contributed by atoms with Crippen LogP contribution in [0.3, 0.4) is 0 Å². The van der Waals surface area contributed by atoms with Gasteiger partial charge in [-0.2, -0.15) is 5.10 Å². The maximum atomic E-state index is 12.2. The van der Waals surface area contributed by atoms with Crippen molar-refractivity contribution < 1.29 is 23.8 Å². The normalized spacial score (nSPS) is 15.6. The second-order valence-electron chi connectivity index (χ2n) is 7.57. The second-order valence-corrected chi connectivity index (χ2v) is 8.53. The number of hydrogen-bond donors (Lipinski definition) is 1. The Morgan fingerprint density at radius 1 is 1.12 bits per heavy atom. The van der Waals surface area contributed by atoms with Crippen molar-refractivity contribution >= 4 is 34.6 Å². The van der Waals surface area contributed by atoms with E-state index in [1.807, 2.05) is 31.4 Å². The predicted molar refractivity (Wildman–Crippen MR) is 129 cm³/mol. The minimum Gasteiger partial charge on any atom is -0.465 e. The molecule has 2 heterocycles. The lowest BCUT2D eigenvalue weighted by Gasteiger charge is -2.17. The van der Waals surface area contributed by atoms with Crippen LogP contribution in [-0.4, -0.2) is 67.1 Å². The number of rotatable bonds is 7. The van der Waals surface area contributed by atoms with E-state index >= 15 is 0 Å². The number of esters is 2. The van der Waals surface area contributed by atoms with Gasteiger partial charge < -0.3 is 18.8 Å². The number of methoxy groups -OCH3 is 3. The Labute approximate surface area is 197 Å². The van der Waals surface area contributed by atoms with Crippen LogP contribution in [0, 0.1) is 13.8 Å². The standard InChI is InChI=1S/C23H28N4O5S/c1-13(11-30-4)24-23-26-25-20(12-33-23)19-7-14(2)27(15(19)3)18-9-16(21(28)31-5)8-17(10-18)22(29)32-6/h7-10,13H,11-12H2,1-6H3,(H,24,26)/t13-/m1/s1. The molecule has 33 heavy (non-hydrogen) atoms. The summed E-state index contributed by atoms with van der Waals surface area (Å²) in [7, 11) is 4.26. The quantitative estimate of drug-likeness (QED) is 0.618.